The molecule has 1 N–H and O–H groups in total. The number of fused-ring (bicyclic) bond motifs is 1. The minimum atomic E-state index is 0.0165. The van der Waals surface area contributed by atoms with Gasteiger partial charge >= 0.3 is 0 Å². The first-order valence-corrected chi connectivity index (χ1v) is 8.73. The van der Waals surface area contributed by atoms with Gasteiger partial charge in [-0.3, -0.25) is 4.79 Å². The van der Waals surface area contributed by atoms with Gasteiger partial charge in [0.15, 0.2) is 11.5 Å². The summed E-state index contributed by atoms with van der Waals surface area (Å²) >= 11 is 0. The van der Waals surface area contributed by atoms with Gasteiger partial charge in [0.2, 0.25) is 12.7 Å². The van der Waals surface area contributed by atoms with Gasteiger partial charge in [0.25, 0.3) is 0 Å². The van der Waals surface area contributed by atoms with E-state index in [-0.39, 0.29) is 24.0 Å². The van der Waals surface area contributed by atoms with Crippen molar-refractivity contribution < 1.29 is 14.3 Å². The maximum atomic E-state index is 12.8. The number of anilines is 1. The molecule has 2 aliphatic rings. The Bertz CT molecular complexity index is 686. The van der Waals surface area contributed by atoms with E-state index in [2.05, 4.69) is 46.0 Å². The highest BCUT2D eigenvalue weighted by molar-refractivity contribution is 5.96. The van der Waals surface area contributed by atoms with Crippen LogP contribution in [-0.4, -0.2) is 12.7 Å². The molecule has 0 saturated heterocycles. The fourth-order valence-corrected chi connectivity index (χ4v) is 3.64. The van der Waals surface area contributed by atoms with Crippen molar-refractivity contribution in [3.8, 4) is 11.5 Å². The number of nitrogens with one attached hydrogen (secondary N) is 1. The Kier molecular flexibility index (Phi) is 4.33. The van der Waals surface area contributed by atoms with Crippen LogP contribution in [0, 0.1) is 17.3 Å². The number of rotatable bonds is 5. The fourth-order valence-electron chi connectivity index (χ4n) is 3.64. The minimum absolute atomic E-state index is 0.0165. The Balaban J connectivity index is 1.81. The molecule has 1 saturated carbocycles. The molecule has 0 aromatic heterocycles. The molecule has 1 aliphatic carbocycles. The van der Waals surface area contributed by atoms with Crippen molar-refractivity contribution in [2.45, 2.75) is 47.5 Å². The van der Waals surface area contributed by atoms with E-state index in [4.69, 9.17) is 9.47 Å². The van der Waals surface area contributed by atoms with Crippen molar-refractivity contribution >= 4 is 11.6 Å². The normalized spacial score (nSPS) is 22.9. The lowest BCUT2D eigenvalue weighted by atomic mass is 10.1. The predicted octanol–water partition coefficient (Wildman–Crippen LogP) is 4.54. The SMILES string of the molecule is CCCc1cc2c(cc1NC(=O)[C@@H]1[C@@H](C=C(C)C)C1(C)C)OCO2. The second-order valence-corrected chi connectivity index (χ2v) is 7.67. The van der Waals surface area contributed by atoms with Crippen LogP contribution in [0.25, 0.3) is 0 Å². The quantitative estimate of drug-likeness (QED) is 0.807. The number of carbonyl (C=O) groups is 1. The number of carbonyl (C=O) groups excluding carboxylic acids is 1. The average molecular weight is 329 g/mol. The van der Waals surface area contributed by atoms with Crippen LogP contribution in [0.15, 0.2) is 23.8 Å². The number of amides is 1. The Hall–Kier alpha value is -1.97. The van der Waals surface area contributed by atoms with Crippen molar-refractivity contribution in [2.24, 2.45) is 17.3 Å². The summed E-state index contributed by atoms with van der Waals surface area (Å²) in [5.74, 6) is 1.91. The molecule has 0 bridgehead atoms. The molecule has 1 aromatic carbocycles. The molecule has 1 fully saturated rings. The van der Waals surface area contributed by atoms with Gasteiger partial charge in [0.1, 0.15) is 0 Å². The van der Waals surface area contributed by atoms with Crippen molar-refractivity contribution in [3.63, 3.8) is 0 Å². The van der Waals surface area contributed by atoms with E-state index in [1.165, 1.54) is 5.57 Å². The van der Waals surface area contributed by atoms with Gasteiger partial charge in [-0.2, -0.15) is 0 Å². The van der Waals surface area contributed by atoms with E-state index < -0.39 is 0 Å². The lowest BCUT2D eigenvalue weighted by Crippen LogP contribution is -2.18. The summed E-state index contributed by atoms with van der Waals surface area (Å²) in [5.41, 5.74) is 3.23. The second kappa shape index (κ2) is 6.15. The summed E-state index contributed by atoms with van der Waals surface area (Å²) in [6.07, 6.45) is 4.13. The molecule has 1 aliphatic heterocycles. The number of ether oxygens (including phenoxy) is 2. The highest BCUT2D eigenvalue weighted by atomic mass is 16.7. The maximum absolute atomic E-state index is 12.8. The lowest BCUT2D eigenvalue weighted by molar-refractivity contribution is -0.118. The molecule has 0 radical (unpaired) electrons. The molecule has 0 spiro atoms. The van der Waals surface area contributed by atoms with Crippen LogP contribution >= 0.6 is 0 Å². The third-order valence-electron chi connectivity index (χ3n) is 5.08. The van der Waals surface area contributed by atoms with Gasteiger partial charge in [-0.05, 0) is 43.2 Å². The molecule has 1 amide bonds. The fraction of sp³-hybridized carbons (Fsp3) is 0.550. The number of hydrogen-bond acceptors (Lipinski definition) is 3. The summed E-state index contributed by atoms with van der Waals surface area (Å²) in [6.45, 7) is 10.9. The molecule has 4 nitrogen and oxygen atoms in total. The minimum Gasteiger partial charge on any atom is -0.454 e. The first kappa shape index (κ1) is 16.9. The number of benzene rings is 1. The summed E-state index contributed by atoms with van der Waals surface area (Å²) < 4.78 is 10.9. The summed E-state index contributed by atoms with van der Waals surface area (Å²) in [5, 5.41) is 3.14. The Morgan fingerprint density at radius 2 is 1.96 bits per heavy atom. The molecule has 1 heterocycles. The van der Waals surface area contributed by atoms with Crippen LogP contribution in [0.1, 0.15) is 46.6 Å². The van der Waals surface area contributed by atoms with E-state index in [0.29, 0.717) is 11.7 Å². The summed E-state index contributed by atoms with van der Waals surface area (Å²) in [7, 11) is 0. The third kappa shape index (κ3) is 3.02. The van der Waals surface area contributed by atoms with E-state index in [0.717, 1.165) is 29.8 Å². The molecular formula is C20H27NO3. The van der Waals surface area contributed by atoms with Crippen LogP contribution in [0.2, 0.25) is 0 Å². The van der Waals surface area contributed by atoms with Gasteiger partial charge < -0.3 is 14.8 Å². The molecule has 4 heteroatoms. The average Bonchev–Trinajstić information content (AvgIpc) is 2.83. The molecular weight excluding hydrogens is 302 g/mol. The maximum Gasteiger partial charge on any atom is 0.231 e. The smallest absolute Gasteiger partial charge is 0.231 e. The summed E-state index contributed by atoms with van der Waals surface area (Å²) in [6, 6.07) is 3.89. The zero-order chi connectivity index (χ0) is 17.5. The summed E-state index contributed by atoms with van der Waals surface area (Å²) in [4.78, 5) is 12.8. The van der Waals surface area contributed by atoms with Crippen LogP contribution < -0.4 is 14.8 Å². The van der Waals surface area contributed by atoms with Crippen LogP contribution in [-0.2, 0) is 11.2 Å². The largest absolute Gasteiger partial charge is 0.454 e. The molecule has 130 valence electrons. The molecule has 3 rings (SSSR count). The number of hydrogen-bond donors (Lipinski definition) is 1. The van der Waals surface area contributed by atoms with E-state index in [1.807, 2.05) is 12.1 Å². The van der Waals surface area contributed by atoms with Crippen LogP contribution in [0.4, 0.5) is 5.69 Å². The van der Waals surface area contributed by atoms with Gasteiger partial charge in [-0.1, -0.05) is 38.8 Å². The van der Waals surface area contributed by atoms with Crippen molar-refractivity contribution in [3.05, 3.63) is 29.3 Å². The van der Waals surface area contributed by atoms with Crippen molar-refractivity contribution in [2.75, 3.05) is 12.1 Å². The topological polar surface area (TPSA) is 47.6 Å². The standard InChI is InChI=1S/C20H27NO3/c1-6-7-13-9-16-17(24-11-23-16)10-15(13)21-19(22)18-14(8-12(2)3)20(18,4)5/h8-10,14,18H,6-7,11H2,1-5H3,(H,21,22)/t14-,18+/m1/s1. The van der Waals surface area contributed by atoms with Crippen LogP contribution in [0.5, 0.6) is 11.5 Å². The van der Waals surface area contributed by atoms with Crippen molar-refractivity contribution in [1.82, 2.24) is 0 Å². The Labute approximate surface area is 144 Å². The Morgan fingerprint density at radius 1 is 1.29 bits per heavy atom. The Morgan fingerprint density at radius 3 is 2.58 bits per heavy atom. The van der Waals surface area contributed by atoms with Gasteiger partial charge in [-0.15, -0.1) is 0 Å². The lowest BCUT2D eigenvalue weighted by Gasteiger charge is -2.12. The van der Waals surface area contributed by atoms with Crippen LogP contribution in [0.3, 0.4) is 0 Å². The highest BCUT2D eigenvalue weighted by Gasteiger charge is 2.60. The highest BCUT2D eigenvalue weighted by Crippen LogP contribution is 2.59. The first-order chi connectivity index (χ1) is 11.3. The van der Waals surface area contributed by atoms with Crippen molar-refractivity contribution in [1.29, 1.82) is 0 Å². The van der Waals surface area contributed by atoms with Gasteiger partial charge in [0, 0.05) is 11.8 Å². The van der Waals surface area contributed by atoms with Gasteiger partial charge in [-0.25, -0.2) is 0 Å². The predicted molar refractivity (Wildman–Crippen MR) is 95.4 cm³/mol. The number of aryl methyl sites for hydroxylation is 1. The first-order valence-electron chi connectivity index (χ1n) is 8.73. The van der Waals surface area contributed by atoms with E-state index in [1.54, 1.807) is 0 Å². The molecule has 0 unspecified atom stereocenters. The zero-order valence-corrected chi connectivity index (χ0v) is 15.2. The number of allylic oxidation sites excluding steroid dienone is 2. The molecule has 2 atom stereocenters. The molecule has 24 heavy (non-hydrogen) atoms. The zero-order valence-electron chi connectivity index (χ0n) is 15.2. The third-order valence-corrected chi connectivity index (χ3v) is 5.08. The monoisotopic (exact) mass is 329 g/mol. The van der Waals surface area contributed by atoms with E-state index in [9.17, 15) is 4.79 Å². The second-order valence-electron chi connectivity index (χ2n) is 7.67. The van der Waals surface area contributed by atoms with E-state index >= 15 is 0 Å². The molecule has 1 aromatic rings. The van der Waals surface area contributed by atoms with Gasteiger partial charge in [0.05, 0.1) is 5.92 Å².